The van der Waals surface area contributed by atoms with Gasteiger partial charge in [-0.25, -0.2) is 0 Å². The Bertz CT molecular complexity index is 3140. The molecule has 0 atom stereocenters. The molecular formula is C56H38N2O. The maximum atomic E-state index is 6.87. The molecule has 0 aliphatic rings. The van der Waals surface area contributed by atoms with E-state index in [9.17, 15) is 0 Å². The zero-order valence-electron chi connectivity index (χ0n) is 32.2. The Morgan fingerprint density at radius 1 is 0.322 bits per heavy atom. The fourth-order valence-electron chi connectivity index (χ4n) is 8.55. The fraction of sp³-hybridized carbons (Fsp3) is 0. The first-order valence-electron chi connectivity index (χ1n) is 20.1. The minimum absolute atomic E-state index is 0.863. The van der Waals surface area contributed by atoms with Crippen LogP contribution in [0.25, 0.3) is 83.4 Å². The van der Waals surface area contributed by atoms with Crippen LogP contribution in [0.15, 0.2) is 235 Å². The first-order valence-corrected chi connectivity index (χ1v) is 20.1. The predicted octanol–water partition coefficient (Wildman–Crippen LogP) is 15.6. The lowest BCUT2D eigenvalue weighted by molar-refractivity contribution is 0.659. The molecule has 0 radical (unpaired) electrons. The van der Waals surface area contributed by atoms with Crippen molar-refractivity contribution >= 4 is 44.8 Å². The molecule has 0 unspecified atom stereocenters. The topological polar surface area (TPSA) is 20.8 Å². The second-order valence-electron chi connectivity index (χ2n) is 14.9. The number of hydrogen-bond acceptors (Lipinski definition) is 2. The Labute approximate surface area is 343 Å². The minimum atomic E-state index is 0.863. The number of anilines is 3. The van der Waals surface area contributed by atoms with Gasteiger partial charge in [-0.15, -0.1) is 0 Å². The Morgan fingerprint density at radius 3 is 1.41 bits per heavy atom. The van der Waals surface area contributed by atoms with E-state index in [4.69, 9.17) is 4.42 Å². The summed E-state index contributed by atoms with van der Waals surface area (Å²) in [7, 11) is 0. The summed E-state index contributed by atoms with van der Waals surface area (Å²) in [5, 5.41) is 1.18. The molecule has 11 rings (SSSR count). The number of nitrogens with zero attached hydrogens (tertiary/aromatic N) is 2. The van der Waals surface area contributed by atoms with Crippen molar-refractivity contribution in [2.24, 2.45) is 0 Å². The lowest BCUT2D eigenvalue weighted by Crippen LogP contribution is -2.10. The zero-order chi connectivity index (χ0) is 39.1. The largest absolute Gasteiger partial charge is 0.437 e. The molecule has 9 aromatic carbocycles. The van der Waals surface area contributed by atoms with Crippen molar-refractivity contribution in [3.05, 3.63) is 231 Å². The van der Waals surface area contributed by atoms with Crippen LogP contribution in [0.5, 0.6) is 0 Å². The van der Waals surface area contributed by atoms with Crippen molar-refractivity contribution < 1.29 is 4.42 Å². The summed E-state index contributed by atoms with van der Waals surface area (Å²) < 4.78 is 9.14. The van der Waals surface area contributed by atoms with Gasteiger partial charge in [0.1, 0.15) is 0 Å². The van der Waals surface area contributed by atoms with E-state index in [1.807, 2.05) is 0 Å². The van der Waals surface area contributed by atoms with Crippen LogP contribution >= 0.6 is 0 Å². The quantitative estimate of drug-likeness (QED) is 0.154. The highest BCUT2D eigenvalue weighted by atomic mass is 16.3. The first-order chi connectivity index (χ1) is 29.3. The van der Waals surface area contributed by atoms with Gasteiger partial charge in [0.15, 0.2) is 5.58 Å². The zero-order valence-corrected chi connectivity index (χ0v) is 32.2. The molecule has 2 heterocycles. The first kappa shape index (κ1) is 34.4. The molecule has 0 saturated carbocycles. The molecule has 0 aliphatic carbocycles. The van der Waals surface area contributed by atoms with Gasteiger partial charge in [0.2, 0.25) is 5.71 Å². The monoisotopic (exact) mass is 754 g/mol. The number of aromatic nitrogens is 1. The molecule has 0 saturated heterocycles. The summed E-state index contributed by atoms with van der Waals surface area (Å²) in [4.78, 5) is 2.34. The molecule has 3 nitrogen and oxygen atoms in total. The summed E-state index contributed by atoms with van der Waals surface area (Å²) in [6, 6.07) is 82.1. The highest BCUT2D eigenvalue weighted by Crippen LogP contribution is 2.42. The molecule has 0 fully saturated rings. The van der Waals surface area contributed by atoms with Crippen LogP contribution in [0, 0.1) is 0 Å². The maximum absolute atomic E-state index is 6.87. The summed E-state index contributed by atoms with van der Waals surface area (Å²) in [6.07, 6.45) is 0. The molecule has 59 heavy (non-hydrogen) atoms. The molecule has 0 bridgehead atoms. The third kappa shape index (κ3) is 6.17. The van der Waals surface area contributed by atoms with Crippen molar-refractivity contribution in [2.75, 3.05) is 4.90 Å². The number of hydrogen-bond donors (Lipinski definition) is 0. The highest BCUT2D eigenvalue weighted by Gasteiger charge is 2.21. The number of oxazole rings is 1. The van der Waals surface area contributed by atoms with Crippen molar-refractivity contribution in [1.29, 1.82) is 0 Å². The summed E-state index contributed by atoms with van der Waals surface area (Å²) in [5.41, 5.74) is 18.7. The average Bonchev–Trinajstić information content (AvgIpc) is 3.86. The predicted molar refractivity (Wildman–Crippen MR) is 247 cm³/mol. The van der Waals surface area contributed by atoms with Crippen molar-refractivity contribution in [3.8, 4) is 55.6 Å². The van der Waals surface area contributed by atoms with Gasteiger partial charge < -0.3 is 9.32 Å². The van der Waals surface area contributed by atoms with Gasteiger partial charge >= 0.3 is 0 Å². The van der Waals surface area contributed by atoms with E-state index in [0.717, 1.165) is 72.8 Å². The van der Waals surface area contributed by atoms with E-state index < -0.39 is 0 Å². The standard InChI is InChI=1S/C56H38N2O/c1-4-14-39(15-5-1)41-30-34-47(35-31-41)57(48-36-32-42(33-37-48)40-16-6-2-7-17-40)49-21-12-20-46(38-49)43-26-28-44(29-27-43)50-23-13-25-53-55(50)59-56-54(45-18-8-3-9-19-45)51-22-10-11-24-52(51)58(53)56/h1-38H. The van der Waals surface area contributed by atoms with Crippen LogP contribution in [-0.2, 0) is 0 Å². The van der Waals surface area contributed by atoms with Gasteiger partial charge in [-0.1, -0.05) is 182 Å². The lowest BCUT2D eigenvalue weighted by atomic mass is 9.99. The van der Waals surface area contributed by atoms with Gasteiger partial charge in [-0.3, -0.25) is 4.40 Å². The third-order valence-electron chi connectivity index (χ3n) is 11.4. The molecule has 11 aromatic rings. The Balaban J connectivity index is 0.964. The molecule has 0 aliphatic heterocycles. The third-order valence-corrected chi connectivity index (χ3v) is 11.4. The average molecular weight is 755 g/mol. The van der Waals surface area contributed by atoms with Gasteiger partial charge in [-0.2, -0.15) is 0 Å². The fourth-order valence-corrected chi connectivity index (χ4v) is 8.55. The molecule has 0 spiro atoms. The SMILES string of the molecule is c1ccc(-c2ccc(N(c3ccc(-c4ccccc4)cc3)c3cccc(-c4ccc(-c5cccc6c5oc5c(-c7ccccc7)c7ccccc7n56)cc4)c3)cc2)cc1. The van der Waals surface area contributed by atoms with E-state index in [1.54, 1.807) is 0 Å². The Morgan fingerprint density at radius 2 is 0.780 bits per heavy atom. The smallest absolute Gasteiger partial charge is 0.213 e. The minimum Gasteiger partial charge on any atom is -0.437 e. The van der Waals surface area contributed by atoms with Crippen LogP contribution in [-0.4, -0.2) is 4.40 Å². The van der Waals surface area contributed by atoms with Gasteiger partial charge in [0.25, 0.3) is 0 Å². The molecule has 3 heteroatoms. The van der Waals surface area contributed by atoms with Gasteiger partial charge in [-0.05, 0) is 93.0 Å². The Kier molecular flexibility index (Phi) is 8.49. The normalized spacial score (nSPS) is 11.4. The maximum Gasteiger partial charge on any atom is 0.213 e. The van der Waals surface area contributed by atoms with E-state index in [2.05, 4.69) is 240 Å². The van der Waals surface area contributed by atoms with Gasteiger partial charge in [0, 0.05) is 28.0 Å². The molecule has 2 aromatic heterocycles. The van der Waals surface area contributed by atoms with Crippen LogP contribution in [0.3, 0.4) is 0 Å². The summed E-state index contributed by atoms with van der Waals surface area (Å²) in [5.74, 6) is 0. The van der Waals surface area contributed by atoms with Crippen molar-refractivity contribution in [3.63, 3.8) is 0 Å². The molecular weight excluding hydrogens is 717 g/mol. The lowest BCUT2D eigenvalue weighted by Gasteiger charge is -2.26. The van der Waals surface area contributed by atoms with Crippen LogP contribution < -0.4 is 4.90 Å². The number of benzene rings is 9. The van der Waals surface area contributed by atoms with Gasteiger partial charge in [0.05, 0.1) is 16.6 Å². The number of fused-ring (bicyclic) bond motifs is 5. The van der Waals surface area contributed by atoms with E-state index in [0.29, 0.717) is 0 Å². The van der Waals surface area contributed by atoms with Crippen LogP contribution in [0.2, 0.25) is 0 Å². The van der Waals surface area contributed by atoms with E-state index in [1.165, 1.54) is 27.6 Å². The molecule has 0 N–H and O–H groups in total. The molecule has 278 valence electrons. The second-order valence-corrected chi connectivity index (χ2v) is 14.9. The Hall–Kier alpha value is -7.88. The molecule has 0 amide bonds. The van der Waals surface area contributed by atoms with Crippen LogP contribution in [0.4, 0.5) is 17.1 Å². The second kappa shape index (κ2) is 14.6. The van der Waals surface area contributed by atoms with Crippen molar-refractivity contribution in [2.45, 2.75) is 0 Å². The number of para-hydroxylation sites is 2. The number of rotatable bonds is 8. The summed E-state index contributed by atoms with van der Waals surface area (Å²) >= 11 is 0. The van der Waals surface area contributed by atoms with Crippen LogP contribution in [0.1, 0.15) is 0 Å². The highest BCUT2D eigenvalue weighted by molar-refractivity contribution is 6.08. The van der Waals surface area contributed by atoms with Crippen molar-refractivity contribution in [1.82, 2.24) is 4.40 Å². The van der Waals surface area contributed by atoms with E-state index >= 15 is 0 Å². The van der Waals surface area contributed by atoms with E-state index in [-0.39, 0.29) is 0 Å². The summed E-state index contributed by atoms with van der Waals surface area (Å²) in [6.45, 7) is 0.